The first-order valence-corrected chi connectivity index (χ1v) is 10.4. The number of benzene rings is 2. The summed E-state index contributed by atoms with van der Waals surface area (Å²) in [5, 5.41) is 4.17. The van der Waals surface area contributed by atoms with Crippen LogP contribution in [0.5, 0.6) is 0 Å². The highest BCUT2D eigenvalue weighted by Gasteiger charge is 2.27. The van der Waals surface area contributed by atoms with Crippen LogP contribution in [-0.2, 0) is 4.79 Å². The number of amides is 2. The molecule has 2 aromatic carbocycles. The van der Waals surface area contributed by atoms with Crippen LogP contribution in [0.3, 0.4) is 0 Å². The highest BCUT2D eigenvalue weighted by Crippen LogP contribution is 2.40. The van der Waals surface area contributed by atoms with Crippen LogP contribution in [-0.4, -0.2) is 23.3 Å². The van der Waals surface area contributed by atoms with E-state index in [0.29, 0.717) is 40.7 Å². The van der Waals surface area contributed by atoms with E-state index in [1.54, 1.807) is 47.5 Å². The number of rotatable bonds is 5. The van der Waals surface area contributed by atoms with Gasteiger partial charge in [0.05, 0.1) is 11.3 Å². The molecule has 2 amide bonds. The van der Waals surface area contributed by atoms with E-state index in [0.717, 1.165) is 10.6 Å². The van der Waals surface area contributed by atoms with Crippen molar-refractivity contribution in [1.29, 1.82) is 0 Å². The maximum absolute atomic E-state index is 13.2. The Kier molecular flexibility index (Phi) is 5.83. The molecule has 0 saturated carbocycles. The van der Waals surface area contributed by atoms with Gasteiger partial charge >= 0.3 is 0 Å². The van der Waals surface area contributed by atoms with Gasteiger partial charge in [0.1, 0.15) is 5.03 Å². The molecule has 0 radical (unpaired) electrons. The topological polar surface area (TPSA) is 62.3 Å². The lowest BCUT2D eigenvalue weighted by atomic mass is 10.2. The van der Waals surface area contributed by atoms with Gasteiger partial charge < -0.3 is 10.2 Å². The van der Waals surface area contributed by atoms with Gasteiger partial charge in [-0.1, -0.05) is 35.5 Å². The van der Waals surface area contributed by atoms with Gasteiger partial charge in [-0.2, -0.15) is 0 Å². The molecule has 1 aromatic heterocycles. The number of hydrogen-bond acceptors (Lipinski definition) is 4. The molecule has 146 valence electrons. The summed E-state index contributed by atoms with van der Waals surface area (Å²) in [6, 6.07) is 18.3. The fraction of sp³-hybridized carbons (Fsp3) is 0.136. The molecule has 2 heterocycles. The third-order valence-electron chi connectivity index (χ3n) is 4.52. The molecule has 0 aliphatic carbocycles. The number of fused-ring (bicyclic) bond motifs is 2. The number of halogens is 1. The minimum absolute atomic E-state index is 0.0938. The Balaban J connectivity index is 1.46. The Morgan fingerprint density at radius 1 is 1.07 bits per heavy atom. The van der Waals surface area contributed by atoms with Gasteiger partial charge in [0.2, 0.25) is 5.91 Å². The molecule has 4 rings (SSSR count). The maximum atomic E-state index is 13.2. The monoisotopic (exact) mass is 423 g/mol. The van der Waals surface area contributed by atoms with Crippen LogP contribution in [0.1, 0.15) is 23.2 Å². The third-order valence-corrected chi connectivity index (χ3v) is 5.86. The number of anilines is 2. The SMILES string of the molecule is O=C(CCCN1C(=O)c2cccnc2Sc2ccccc21)Nc1ccc(Cl)cc1. The highest BCUT2D eigenvalue weighted by atomic mass is 35.5. The summed E-state index contributed by atoms with van der Waals surface area (Å²) >= 11 is 7.36. The minimum atomic E-state index is -0.0979. The lowest BCUT2D eigenvalue weighted by molar-refractivity contribution is -0.116. The predicted molar refractivity (Wildman–Crippen MR) is 116 cm³/mol. The molecule has 1 N–H and O–H groups in total. The number of para-hydroxylation sites is 1. The zero-order valence-corrected chi connectivity index (χ0v) is 17.0. The molecule has 1 aliphatic rings. The van der Waals surface area contributed by atoms with E-state index in [1.165, 1.54) is 11.8 Å². The molecule has 1 aliphatic heterocycles. The summed E-state index contributed by atoms with van der Waals surface area (Å²) in [6.45, 7) is 0.443. The van der Waals surface area contributed by atoms with Crippen molar-refractivity contribution in [2.75, 3.05) is 16.8 Å². The lowest BCUT2D eigenvalue weighted by Gasteiger charge is -2.22. The lowest BCUT2D eigenvalue weighted by Crippen LogP contribution is -2.32. The zero-order valence-electron chi connectivity index (χ0n) is 15.5. The second-order valence-electron chi connectivity index (χ2n) is 6.54. The van der Waals surface area contributed by atoms with Crippen LogP contribution < -0.4 is 10.2 Å². The third kappa shape index (κ3) is 4.44. The molecule has 29 heavy (non-hydrogen) atoms. The molecule has 7 heteroatoms. The molecule has 0 fully saturated rings. The van der Waals surface area contributed by atoms with Crippen molar-refractivity contribution in [3.05, 3.63) is 77.4 Å². The summed E-state index contributed by atoms with van der Waals surface area (Å²) in [6.07, 6.45) is 2.54. The smallest absolute Gasteiger partial charge is 0.261 e. The summed E-state index contributed by atoms with van der Waals surface area (Å²) < 4.78 is 0. The number of carbonyl (C=O) groups excluding carboxylic acids is 2. The number of nitrogens with zero attached hydrogens (tertiary/aromatic N) is 2. The van der Waals surface area contributed by atoms with E-state index >= 15 is 0 Å². The van der Waals surface area contributed by atoms with E-state index in [9.17, 15) is 9.59 Å². The number of aromatic nitrogens is 1. The van der Waals surface area contributed by atoms with Crippen molar-refractivity contribution >= 4 is 46.6 Å². The van der Waals surface area contributed by atoms with Crippen LogP contribution in [0.15, 0.2) is 76.8 Å². The van der Waals surface area contributed by atoms with Crippen LogP contribution >= 0.6 is 23.4 Å². The van der Waals surface area contributed by atoms with Gasteiger partial charge in [-0.25, -0.2) is 4.98 Å². The maximum Gasteiger partial charge on any atom is 0.261 e. The first-order chi connectivity index (χ1) is 14.1. The Morgan fingerprint density at radius 3 is 2.69 bits per heavy atom. The van der Waals surface area contributed by atoms with Gasteiger partial charge in [0.25, 0.3) is 5.91 Å². The van der Waals surface area contributed by atoms with Gasteiger partial charge in [-0.05, 0) is 55.0 Å². The van der Waals surface area contributed by atoms with Crippen molar-refractivity contribution in [2.45, 2.75) is 22.8 Å². The molecule has 0 atom stereocenters. The molecular weight excluding hydrogens is 406 g/mol. The first-order valence-electron chi connectivity index (χ1n) is 9.21. The van der Waals surface area contributed by atoms with Crippen LogP contribution in [0.4, 0.5) is 11.4 Å². The normalized spacial score (nSPS) is 12.7. The second-order valence-corrected chi connectivity index (χ2v) is 8.01. The Hall–Kier alpha value is -2.83. The summed E-state index contributed by atoms with van der Waals surface area (Å²) in [5.41, 5.74) is 2.13. The van der Waals surface area contributed by atoms with E-state index < -0.39 is 0 Å². The van der Waals surface area contributed by atoms with E-state index in [-0.39, 0.29) is 11.8 Å². The molecule has 5 nitrogen and oxygen atoms in total. The fourth-order valence-electron chi connectivity index (χ4n) is 3.14. The van der Waals surface area contributed by atoms with Crippen molar-refractivity contribution < 1.29 is 9.59 Å². The van der Waals surface area contributed by atoms with E-state index in [4.69, 9.17) is 11.6 Å². The Labute approximate surface area is 178 Å². The van der Waals surface area contributed by atoms with E-state index in [1.807, 2.05) is 24.3 Å². The quantitative estimate of drug-likeness (QED) is 0.607. The molecule has 0 spiro atoms. The highest BCUT2D eigenvalue weighted by molar-refractivity contribution is 7.99. The number of pyridine rings is 1. The minimum Gasteiger partial charge on any atom is -0.326 e. The number of carbonyl (C=O) groups is 2. The molecule has 3 aromatic rings. The van der Waals surface area contributed by atoms with Crippen molar-refractivity contribution in [1.82, 2.24) is 4.98 Å². The molecule has 0 bridgehead atoms. The zero-order chi connectivity index (χ0) is 20.2. The summed E-state index contributed by atoms with van der Waals surface area (Å²) in [4.78, 5) is 32.5. The Bertz CT molecular complexity index is 1060. The predicted octanol–water partition coefficient (Wildman–Crippen LogP) is 5.27. The van der Waals surface area contributed by atoms with Crippen LogP contribution in [0, 0.1) is 0 Å². The van der Waals surface area contributed by atoms with Gasteiger partial charge in [0.15, 0.2) is 0 Å². The molecule has 0 unspecified atom stereocenters. The molecule has 0 saturated heterocycles. The van der Waals surface area contributed by atoms with E-state index in [2.05, 4.69) is 10.3 Å². The summed E-state index contributed by atoms with van der Waals surface area (Å²) in [7, 11) is 0. The Morgan fingerprint density at radius 2 is 1.86 bits per heavy atom. The molecular formula is C22H18ClN3O2S. The standard InChI is InChI=1S/C22H18ClN3O2S/c23-15-9-11-16(12-10-15)25-20(27)8-4-14-26-18-6-1-2-7-19(18)29-21-17(22(26)28)5-3-13-24-21/h1-3,5-7,9-13H,4,8,14H2,(H,25,27). The average Bonchev–Trinajstić information content (AvgIpc) is 2.85. The van der Waals surface area contributed by atoms with Crippen LogP contribution in [0.25, 0.3) is 0 Å². The second kappa shape index (κ2) is 8.68. The van der Waals surface area contributed by atoms with Crippen molar-refractivity contribution in [3.8, 4) is 0 Å². The first kappa shape index (κ1) is 19.5. The van der Waals surface area contributed by atoms with Gasteiger partial charge in [-0.15, -0.1) is 0 Å². The van der Waals surface area contributed by atoms with Crippen molar-refractivity contribution in [3.63, 3.8) is 0 Å². The largest absolute Gasteiger partial charge is 0.326 e. The fourth-order valence-corrected chi connectivity index (χ4v) is 4.28. The van der Waals surface area contributed by atoms with Gasteiger partial charge in [-0.3, -0.25) is 9.59 Å². The van der Waals surface area contributed by atoms with Gasteiger partial charge in [0, 0.05) is 34.8 Å². The number of nitrogens with one attached hydrogen (secondary N) is 1. The summed E-state index contributed by atoms with van der Waals surface area (Å²) in [5.74, 6) is -0.192. The number of hydrogen-bond donors (Lipinski definition) is 1. The average molecular weight is 424 g/mol. The van der Waals surface area contributed by atoms with Crippen LogP contribution in [0.2, 0.25) is 5.02 Å². The van der Waals surface area contributed by atoms with Crippen molar-refractivity contribution in [2.24, 2.45) is 0 Å².